The van der Waals surface area contributed by atoms with Crippen molar-refractivity contribution in [2.45, 2.75) is 38.6 Å². The van der Waals surface area contributed by atoms with Crippen molar-refractivity contribution in [2.24, 2.45) is 5.73 Å². The van der Waals surface area contributed by atoms with Gasteiger partial charge in [0.1, 0.15) is 18.7 Å². The van der Waals surface area contributed by atoms with Gasteiger partial charge >= 0.3 is 6.09 Å². The highest BCUT2D eigenvalue weighted by atomic mass is 16.6. The van der Waals surface area contributed by atoms with Crippen LogP contribution >= 0.6 is 0 Å². The third-order valence-corrected chi connectivity index (χ3v) is 4.78. The van der Waals surface area contributed by atoms with Crippen molar-refractivity contribution in [3.63, 3.8) is 0 Å². The number of hydrogen-bond donors (Lipinski definition) is 2. The number of nitrogens with two attached hydrogens (primary N) is 1. The molecule has 1 aliphatic heterocycles. The minimum absolute atomic E-state index is 0.115. The Morgan fingerprint density at radius 2 is 1.75 bits per heavy atom. The number of nitrogens with zero attached hydrogens (tertiary/aromatic N) is 1. The second-order valence-electron chi connectivity index (χ2n) is 6.79. The zero-order valence-electron chi connectivity index (χ0n) is 15.6. The Labute approximate surface area is 163 Å². The van der Waals surface area contributed by atoms with E-state index in [0.717, 1.165) is 16.7 Å². The van der Waals surface area contributed by atoms with Crippen LogP contribution in [0.2, 0.25) is 0 Å². The van der Waals surface area contributed by atoms with Gasteiger partial charge in [-0.05, 0) is 23.6 Å². The van der Waals surface area contributed by atoms with Crippen molar-refractivity contribution >= 4 is 17.9 Å². The van der Waals surface area contributed by atoms with Crippen molar-refractivity contribution in [3.05, 3.63) is 71.3 Å². The first kappa shape index (κ1) is 19.4. The standard InChI is InChI=1S/C21H23N3O4/c1-14(19(22)25)23-20(26)18-11-16-9-5-6-10-17(16)12-24(18)21(27)28-13-15-7-3-2-4-8-15/h2-10,14,18H,11-13H2,1H3,(H2,22,25)(H,23,26)/t14-,18-/m0/s1. The van der Waals surface area contributed by atoms with E-state index in [1.165, 1.54) is 11.8 Å². The van der Waals surface area contributed by atoms with E-state index in [1.54, 1.807) is 0 Å². The predicted molar refractivity (Wildman–Crippen MR) is 103 cm³/mol. The monoisotopic (exact) mass is 381 g/mol. The third-order valence-electron chi connectivity index (χ3n) is 4.78. The van der Waals surface area contributed by atoms with Crippen LogP contribution in [-0.2, 0) is 33.9 Å². The van der Waals surface area contributed by atoms with E-state index < -0.39 is 30.0 Å². The van der Waals surface area contributed by atoms with Crippen LogP contribution in [-0.4, -0.2) is 34.9 Å². The molecule has 28 heavy (non-hydrogen) atoms. The molecule has 0 aliphatic carbocycles. The average molecular weight is 381 g/mol. The second kappa shape index (κ2) is 8.56. The minimum Gasteiger partial charge on any atom is -0.445 e. The van der Waals surface area contributed by atoms with Crippen molar-refractivity contribution in [1.82, 2.24) is 10.2 Å². The van der Waals surface area contributed by atoms with Crippen LogP contribution < -0.4 is 11.1 Å². The normalized spacial score (nSPS) is 16.6. The Bertz CT molecular complexity index is 869. The first-order chi connectivity index (χ1) is 13.5. The lowest BCUT2D eigenvalue weighted by Crippen LogP contribution is -2.55. The van der Waals surface area contributed by atoms with E-state index in [4.69, 9.17) is 10.5 Å². The molecule has 2 atom stereocenters. The van der Waals surface area contributed by atoms with E-state index in [0.29, 0.717) is 6.42 Å². The smallest absolute Gasteiger partial charge is 0.411 e. The van der Waals surface area contributed by atoms with Gasteiger partial charge in [0.05, 0.1) is 6.54 Å². The summed E-state index contributed by atoms with van der Waals surface area (Å²) >= 11 is 0. The molecule has 3 amide bonds. The molecule has 2 aromatic rings. The van der Waals surface area contributed by atoms with Gasteiger partial charge in [-0.3, -0.25) is 14.5 Å². The molecule has 0 unspecified atom stereocenters. The number of nitrogens with one attached hydrogen (secondary N) is 1. The largest absolute Gasteiger partial charge is 0.445 e. The highest BCUT2D eigenvalue weighted by molar-refractivity contribution is 5.91. The first-order valence-electron chi connectivity index (χ1n) is 9.09. The molecule has 0 saturated carbocycles. The number of hydrogen-bond acceptors (Lipinski definition) is 4. The molecule has 0 radical (unpaired) electrons. The molecule has 3 N–H and O–H groups in total. The van der Waals surface area contributed by atoms with Crippen LogP contribution in [0.4, 0.5) is 4.79 Å². The fourth-order valence-corrected chi connectivity index (χ4v) is 3.13. The highest BCUT2D eigenvalue weighted by Gasteiger charge is 2.36. The van der Waals surface area contributed by atoms with E-state index in [-0.39, 0.29) is 13.2 Å². The lowest BCUT2D eigenvalue weighted by atomic mass is 9.93. The van der Waals surface area contributed by atoms with Gasteiger partial charge < -0.3 is 15.8 Å². The number of rotatable bonds is 5. The Kier molecular flexibility index (Phi) is 5.93. The molecule has 0 aromatic heterocycles. The van der Waals surface area contributed by atoms with E-state index in [9.17, 15) is 14.4 Å². The molecule has 0 fully saturated rings. The van der Waals surface area contributed by atoms with Gasteiger partial charge in [-0.1, -0.05) is 54.6 Å². The topological polar surface area (TPSA) is 102 Å². The fraction of sp³-hybridized carbons (Fsp3) is 0.286. The summed E-state index contributed by atoms with van der Waals surface area (Å²) in [7, 11) is 0. The summed E-state index contributed by atoms with van der Waals surface area (Å²) in [4.78, 5) is 38.2. The number of carbonyl (C=O) groups is 3. The Balaban J connectivity index is 1.77. The molecular weight excluding hydrogens is 358 g/mol. The van der Waals surface area contributed by atoms with E-state index in [1.807, 2.05) is 54.6 Å². The molecule has 146 valence electrons. The van der Waals surface area contributed by atoms with Crippen LogP contribution in [0.5, 0.6) is 0 Å². The van der Waals surface area contributed by atoms with E-state index in [2.05, 4.69) is 5.32 Å². The number of benzene rings is 2. The first-order valence-corrected chi connectivity index (χ1v) is 9.09. The highest BCUT2D eigenvalue weighted by Crippen LogP contribution is 2.24. The lowest BCUT2D eigenvalue weighted by molar-refractivity contribution is -0.130. The Morgan fingerprint density at radius 1 is 1.11 bits per heavy atom. The van der Waals surface area contributed by atoms with Crippen molar-refractivity contribution < 1.29 is 19.1 Å². The zero-order chi connectivity index (χ0) is 20.1. The maximum Gasteiger partial charge on any atom is 0.411 e. The van der Waals surface area contributed by atoms with Gasteiger partial charge in [-0.25, -0.2) is 4.79 Å². The van der Waals surface area contributed by atoms with Gasteiger partial charge in [-0.2, -0.15) is 0 Å². The number of carbonyl (C=O) groups excluding carboxylic acids is 3. The summed E-state index contributed by atoms with van der Waals surface area (Å²) in [6.45, 7) is 1.88. The molecule has 3 rings (SSSR count). The molecule has 7 nitrogen and oxygen atoms in total. The fourth-order valence-electron chi connectivity index (χ4n) is 3.13. The van der Waals surface area contributed by atoms with E-state index >= 15 is 0 Å². The summed E-state index contributed by atoms with van der Waals surface area (Å²) in [5.41, 5.74) is 8.05. The van der Waals surface area contributed by atoms with Gasteiger partial charge in [-0.15, -0.1) is 0 Å². The van der Waals surface area contributed by atoms with Crippen LogP contribution in [0.25, 0.3) is 0 Å². The zero-order valence-corrected chi connectivity index (χ0v) is 15.6. The molecular formula is C21H23N3O4. The quantitative estimate of drug-likeness (QED) is 0.824. The molecule has 7 heteroatoms. The summed E-state index contributed by atoms with van der Waals surface area (Å²) in [6.07, 6.45) is -0.237. The Hall–Kier alpha value is -3.35. The molecule has 1 aliphatic rings. The maximum absolute atomic E-state index is 12.7. The van der Waals surface area contributed by atoms with Crippen molar-refractivity contribution in [2.75, 3.05) is 0 Å². The molecule has 0 spiro atoms. The summed E-state index contributed by atoms with van der Waals surface area (Å²) in [5, 5.41) is 2.58. The van der Waals surface area contributed by atoms with Gasteiger partial charge in [0.2, 0.25) is 11.8 Å². The van der Waals surface area contributed by atoms with Crippen LogP contribution in [0, 0.1) is 0 Å². The predicted octanol–water partition coefficient (Wildman–Crippen LogP) is 1.74. The SMILES string of the molecule is C[C@H](NC(=O)[C@@H]1Cc2ccccc2CN1C(=O)OCc1ccccc1)C(N)=O. The molecule has 0 saturated heterocycles. The number of ether oxygens (including phenoxy) is 1. The van der Waals surface area contributed by atoms with Crippen LogP contribution in [0.3, 0.4) is 0 Å². The van der Waals surface area contributed by atoms with Crippen molar-refractivity contribution in [1.29, 1.82) is 0 Å². The van der Waals surface area contributed by atoms with Crippen molar-refractivity contribution in [3.8, 4) is 0 Å². The average Bonchev–Trinajstić information content (AvgIpc) is 2.71. The molecule has 1 heterocycles. The number of amides is 3. The lowest BCUT2D eigenvalue weighted by Gasteiger charge is -2.35. The van der Waals surface area contributed by atoms with Gasteiger partial charge in [0.25, 0.3) is 0 Å². The Morgan fingerprint density at radius 3 is 2.43 bits per heavy atom. The molecule has 0 bridgehead atoms. The van der Waals surface area contributed by atoms with Gasteiger partial charge in [0, 0.05) is 6.42 Å². The van der Waals surface area contributed by atoms with Crippen LogP contribution in [0.15, 0.2) is 54.6 Å². The maximum atomic E-state index is 12.7. The number of fused-ring (bicyclic) bond motifs is 1. The summed E-state index contributed by atoms with van der Waals surface area (Å²) in [5.74, 6) is -1.07. The van der Waals surface area contributed by atoms with Crippen LogP contribution in [0.1, 0.15) is 23.6 Å². The summed E-state index contributed by atoms with van der Waals surface area (Å²) < 4.78 is 5.43. The third kappa shape index (κ3) is 4.49. The second-order valence-corrected chi connectivity index (χ2v) is 6.79. The molecule has 2 aromatic carbocycles. The summed E-state index contributed by atoms with van der Waals surface area (Å²) in [6, 6.07) is 15.4. The number of primary amides is 1. The van der Waals surface area contributed by atoms with Gasteiger partial charge in [0.15, 0.2) is 0 Å². The minimum atomic E-state index is -0.827.